The summed E-state index contributed by atoms with van der Waals surface area (Å²) in [7, 11) is 0. The SMILES string of the molecule is O=C(O)Cc1cn(Cc2ccc(Cl)cc2)c2ccccc2c1=O. The molecule has 1 aromatic heterocycles. The van der Waals surface area contributed by atoms with Crippen molar-refractivity contribution in [3.05, 3.63) is 81.1 Å². The predicted molar refractivity (Wildman–Crippen MR) is 90.1 cm³/mol. The summed E-state index contributed by atoms with van der Waals surface area (Å²) in [4.78, 5) is 23.4. The van der Waals surface area contributed by atoms with Crippen LogP contribution >= 0.6 is 11.6 Å². The molecule has 0 unspecified atom stereocenters. The van der Waals surface area contributed by atoms with Crippen LogP contribution in [0, 0.1) is 0 Å². The molecule has 4 nitrogen and oxygen atoms in total. The van der Waals surface area contributed by atoms with E-state index in [9.17, 15) is 9.59 Å². The molecule has 0 radical (unpaired) electrons. The third kappa shape index (κ3) is 3.27. The second-order valence-corrected chi connectivity index (χ2v) is 5.76. The minimum absolute atomic E-state index is 0.227. The van der Waals surface area contributed by atoms with Crippen molar-refractivity contribution in [2.24, 2.45) is 0 Å². The van der Waals surface area contributed by atoms with Crippen molar-refractivity contribution in [2.75, 3.05) is 0 Å². The molecule has 0 fully saturated rings. The highest BCUT2D eigenvalue weighted by molar-refractivity contribution is 6.30. The van der Waals surface area contributed by atoms with Gasteiger partial charge in [0.2, 0.25) is 0 Å². The molecule has 116 valence electrons. The van der Waals surface area contributed by atoms with Gasteiger partial charge in [0.1, 0.15) is 0 Å². The van der Waals surface area contributed by atoms with Gasteiger partial charge in [-0.15, -0.1) is 0 Å². The quantitative estimate of drug-likeness (QED) is 0.799. The first kappa shape index (κ1) is 15.3. The van der Waals surface area contributed by atoms with E-state index in [0.29, 0.717) is 17.0 Å². The number of benzene rings is 2. The normalized spacial score (nSPS) is 10.8. The maximum Gasteiger partial charge on any atom is 0.308 e. The number of carboxylic acids is 1. The molecule has 5 heteroatoms. The van der Waals surface area contributed by atoms with Crippen molar-refractivity contribution in [3.8, 4) is 0 Å². The van der Waals surface area contributed by atoms with Crippen molar-refractivity contribution in [3.63, 3.8) is 0 Å². The van der Waals surface area contributed by atoms with Gasteiger partial charge in [0, 0.05) is 28.7 Å². The van der Waals surface area contributed by atoms with Crippen LogP contribution in [-0.4, -0.2) is 15.6 Å². The lowest BCUT2D eigenvalue weighted by molar-refractivity contribution is -0.136. The molecule has 0 atom stereocenters. The van der Waals surface area contributed by atoms with Crippen molar-refractivity contribution in [1.82, 2.24) is 4.57 Å². The molecule has 23 heavy (non-hydrogen) atoms. The lowest BCUT2D eigenvalue weighted by Crippen LogP contribution is -2.18. The summed E-state index contributed by atoms with van der Waals surface area (Å²) in [5.41, 5.74) is 1.85. The van der Waals surface area contributed by atoms with E-state index >= 15 is 0 Å². The third-order valence-corrected chi connectivity index (χ3v) is 3.92. The molecule has 0 aliphatic rings. The van der Waals surface area contributed by atoms with Gasteiger partial charge in [-0.1, -0.05) is 35.9 Å². The molecular weight excluding hydrogens is 314 g/mol. The first-order chi connectivity index (χ1) is 11.0. The van der Waals surface area contributed by atoms with Crippen molar-refractivity contribution < 1.29 is 9.90 Å². The minimum atomic E-state index is -1.02. The Morgan fingerprint density at radius 2 is 1.78 bits per heavy atom. The second kappa shape index (κ2) is 6.26. The topological polar surface area (TPSA) is 59.3 Å². The zero-order valence-electron chi connectivity index (χ0n) is 12.2. The Morgan fingerprint density at radius 3 is 2.48 bits per heavy atom. The number of pyridine rings is 1. The molecule has 0 aliphatic heterocycles. The summed E-state index contributed by atoms with van der Waals surface area (Å²) in [6.07, 6.45) is 1.34. The Bertz CT molecular complexity index is 929. The largest absolute Gasteiger partial charge is 0.481 e. The van der Waals surface area contributed by atoms with Gasteiger partial charge in [0.15, 0.2) is 5.43 Å². The summed E-state index contributed by atoms with van der Waals surface area (Å²) < 4.78 is 1.90. The molecule has 0 aliphatic carbocycles. The Balaban J connectivity index is 2.14. The van der Waals surface area contributed by atoms with Crippen molar-refractivity contribution >= 4 is 28.5 Å². The monoisotopic (exact) mass is 327 g/mol. The number of para-hydroxylation sites is 1. The number of aliphatic carboxylic acids is 1. The molecule has 3 aromatic rings. The lowest BCUT2D eigenvalue weighted by atomic mass is 10.1. The fourth-order valence-corrected chi connectivity index (χ4v) is 2.74. The van der Waals surface area contributed by atoms with Gasteiger partial charge in [-0.3, -0.25) is 9.59 Å². The highest BCUT2D eigenvalue weighted by atomic mass is 35.5. The van der Waals surface area contributed by atoms with Gasteiger partial charge in [0.05, 0.1) is 11.9 Å². The molecule has 0 saturated carbocycles. The number of carbonyl (C=O) groups is 1. The van der Waals surface area contributed by atoms with Gasteiger partial charge in [-0.25, -0.2) is 0 Å². The fraction of sp³-hybridized carbons (Fsp3) is 0.111. The van der Waals surface area contributed by atoms with Gasteiger partial charge < -0.3 is 9.67 Å². The minimum Gasteiger partial charge on any atom is -0.481 e. The van der Waals surface area contributed by atoms with E-state index in [2.05, 4.69) is 0 Å². The van der Waals surface area contributed by atoms with Crippen molar-refractivity contribution in [1.29, 1.82) is 0 Å². The summed E-state index contributed by atoms with van der Waals surface area (Å²) in [5.74, 6) is -1.02. The molecule has 1 N–H and O–H groups in total. The van der Waals surface area contributed by atoms with Gasteiger partial charge in [0.25, 0.3) is 0 Å². The number of hydrogen-bond donors (Lipinski definition) is 1. The Hall–Kier alpha value is -2.59. The first-order valence-corrected chi connectivity index (χ1v) is 7.49. The Labute approximate surface area is 137 Å². The summed E-state index contributed by atoms with van der Waals surface area (Å²) >= 11 is 5.90. The van der Waals surface area contributed by atoms with Gasteiger partial charge in [-0.05, 0) is 29.8 Å². The fourth-order valence-electron chi connectivity index (χ4n) is 2.61. The van der Waals surface area contributed by atoms with Crippen LogP contribution in [0.5, 0.6) is 0 Å². The molecule has 0 saturated heterocycles. The molecule has 0 bridgehead atoms. The predicted octanol–water partition coefficient (Wildman–Crippen LogP) is 3.33. The van der Waals surface area contributed by atoms with Crippen LogP contribution in [0.4, 0.5) is 0 Å². The lowest BCUT2D eigenvalue weighted by Gasteiger charge is -2.13. The van der Waals surface area contributed by atoms with E-state index < -0.39 is 5.97 Å². The van der Waals surface area contributed by atoms with Crippen LogP contribution in [0.25, 0.3) is 10.9 Å². The number of fused-ring (bicyclic) bond motifs is 1. The number of hydrogen-bond acceptors (Lipinski definition) is 2. The number of carboxylic acid groups (broad SMARTS) is 1. The van der Waals surface area contributed by atoms with Gasteiger partial charge in [-0.2, -0.15) is 0 Å². The van der Waals surface area contributed by atoms with Crippen LogP contribution in [0.1, 0.15) is 11.1 Å². The highest BCUT2D eigenvalue weighted by Crippen LogP contribution is 2.16. The average molecular weight is 328 g/mol. The molecule has 0 spiro atoms. The Morgan fingerprint density at radius 1 is 1.09 bits per heavy atom. The second-order valence-electron chi connectivity index (χ2n) is 5.33. The van der Waals surface area contributed by atoms with E-state index in [0.717, 1.165) is 11.1 Å². The highest BCUT2D eigenvalue weighted by Gasteiger charge is 2.11. The number of aromatic nitrogens is 1. The maximum absolute atomic E-state index is 12.4. The number of nitrogens with zero attached hydrogens (tertiary/aromatic N) is 1. The van der Waals surface area contributed by atoms with E-state index in [1.807, 2.05) is 28.8 Å². The molecule has 0 amide bonds. The molecule has 1 heterocycles. The molecular formula is C18H14ClNO3. The third-order valence-electron chi connectivity index (χ3n) is 3.67. The maximum atomic E-state index is 12.4. The zero-order valence-corrected chi connectivity index (χ0v) is 13.0. The van der Waals surface area contributed by atoms with E-state index in [4.69, 9.17) is 16.7 Å². The van der Waals surface area contributed by atoms with Gasteiger partial charge >= 0.3 is 5.97 Å². The van der Waals surface area contributed by atoms with Crippen LogP contribution < -0.4 is 5.43 Å². The van der Waals surface area contributed by atoms with Crippen LogP contribution in [-0.2, 0) is 17.8 Å². The summed E-state index contributed by atoms with van der Waals surface area (Å²) in [6.45, 7) is 0.532. The van der Waals surface area contributed by atoms with E-state index in [1.165, 1.54) is 0 Å². The van der Waals surface area contributed by atoms with Crippen LogP contribution in [0.2, 0.25) is 5.02 Å². The van der Waals surface area contributed by atoms with E-state index in [-0.39, 0.29) is 17.4 Å². The van der Waals surface area contributed by atoms with Crippen LogP contribution in [0.15, 0.2) is 59.5 Å². The van der Waals surface area contributed by atoms with Crippen LogP contribution in [0.3, 0.4) is 0 Å². The molecule has 3 rings (SSSR count). The number of rotatable bonds is 4. The van der Waals surface area contributed by atoms with E-state index in [1.54, 1.807) is 30.5 Å². The van der Waals surface area contributed by atoms with Crippen molar-refractivity contribution in [2.45, 2.75) is 13.0 Å². The summed E-state index contributed by atoms with van der Waals surface area (Å²) in [6, 6.07) is 14.6. The zero-order chi connectivity index (χ0) is 16.4. The smallest absolute Gasteiger partial charge is 0.308 e. The summed E-state index contributed by atoms with van der Waals surface area (Å²) in [5, 5.41) is 10.2. The first-order valence-electron chi connectivity index (χ1n) is 7.12. The number of halogens is 1. The molecule has 2 aromatic carbocycles. The Kier molecular flexibility index (Phi) is 4.17. The standard InChI is InChI=1S/C18H14ClNO3/c19-14-7-5-12(6-8-14)10-20-11-13(9-17(21)22)18(23)15-3-1-2-4-16(15)20/h1-8,11H,9-10H2,(H,21,22). The average Bonchev–Trinajstić information content (AvgIpc) is 2.53.